The lowest BCUT2D eigenvalue weighted by Crippen LogP contribution is -2.47. The fraction of sp³-hybridized carbons (Fsp3) is 0.423. The second kappa shape index (κ2) is 9.98. The predicted molar refractivity (Wildman–Crippen MR) is 119 cm³/mol. The Morgan fingerprint density at radius 2 is 1.62 bits per heavy atom. The van der Waals surface area contributed by atoms with Crippen molar-refractivity contribution < 1.29 is 23.9 Å². The van der Waals surface area contributed by atoms with Crippen LogP contribution in [-0.2, 0) is 19.1 Å². The van der Waals surface area contributed by atoms with Crippen molar-refractivity contribution in [1.82, 2.24) is 4.90 Å². The number of benzene rings is 2. The molecule has 0 N–H and O–H groups in total. The molecule has 0 aliphatic carbocycles. The molecule has 0 unspecified atom stereocenters. The third kappa shape index (κ3) is 4.54. The number of amides is 2. The molecule has 2 heterocycles. The summed E-state index contributed by atoms with van der Waals surface area (Å²) in [6.07, 6.45) is 2.43. The van der Waals surface area contributed by atoms with E-state index in [0.717, 1.165) is 30.4 Å². The smallest absolute Gasteiger partial charge is 0.417 e. The molecule has 2 amide bonds. The Labute approximate surface area is 188 Å². The van der Waals surface area contributed by atoms with Gasteiger partial charge in [0.05, 0.1) is 18.4 Å². The van der Waals surface area contributed by atoms with Crippen LogP contribution >= 0.6 is 0 Å². The van der Waals surface area contributed by atoms with E-state index in [1.165, 1.54) is 4.90 Å². The number of unbranched alkanes of at least 4 members (excludes halogenated alkanes) is 2. The number of carbonyl (C=O) groups excluding carboxylic acids is 3. The Morgan fingerprint density at radius 1 is 1.00 bits per heavy atom. The summed E-state index contributed by atoms with van der Waals surface area (Å²) in [6.45, 7) is 2.21. The molecule has 6 heteroatoms. The molecule has 0 bridgehead atoms. The summed E-state index contributed by atoms with van der Waals surface area (Å²) in [5, 5.41) is 0. The van der Waals surface area contributed by atoms with Crippen molar-refractivity contribution in [2.24, 2.45) is 5.92 Å². The van der Waals surface area contributed by atoms with Gasteiger partial charge in [0.15, 0.2) is 0 Å². The van der Waals surface area contributed by atoms with Crippen LogP contribution in [-0.4, -0.2) is 41.6 Å². The summed E-state index contributed by atoms with van der Waals surface area (Å²) in [5.41, 5.74) is 2.00. The van der Waals surface area contributed by atoms with Gasteiger partial charge in [0, 0.05) is 5.92 Å². The van der Waals surface area contributed by atoms with E-state index in [1.54, 1.807) is 0 Å². The van der Waals surface area contributed by atoms with Crippen LogP contribution in [0.2, 0.25) is 0 Å². The molecule has 2 saturated heterocycles. The molecule has 2 aliphatic heterocycles. The second-order valence-corrected chi connectivity index (χ2v) is 8.49. The minimum atomic E-state index is -0.653. The van der Waals surface area contributed by atoms with E-state index in [-0.39, 0.29) is 30.8 Å². The van der Waals surface area contributed by atoms with Gasteiger partial charge in [0.25, 0.3) is 0 Å². The van der Waals surface area contributed by atoms with Gasteiger partial charge < -0.3 is 9.47 Å². The Kier molecular flexibility index (Phi) is 6.88. The van der Waals surface area contributed by atoms with Gasteiger partial charge in [-0.1, -0.05) is 80.4 Å². The molecule has 0 radical (unpaired) electrons. The van der Waals surface area contributed by atoms with E-state index in [1.807, 2.05) is 60.7 Å². The predicted octanol–water partition coefficient (Wildman–Crippen LogP) is 4.68. The third-order valence-electron chi connectivity index (χ3n) is 6.37. The summed E-state index contributed by atoms with van der Waals surface area (Å²) in [4.78, 5) is 39.7. The quantitative estimate of drug-likeness (QED) is 0.445. The first-order valence-electron chi connectivity index (χ1n) is 11.4. The minimum absolute atomic E-state index is 0.00741. The minimum Gasteiger partial charge on any atom is -0.461 e. The average Bonchev–Trinajstić information content (AvgIpc) is 3.37. The number of ether oxygens (including phenoxy) is 2. The molecule has 0 saturated carbocycles. The van der Waals surface area contributed by atoms with Crippen LogP contribution in [0.5, 0.6) is 0 Å². The summed E-state index contributed by atoms with van der Waals surface area (Å²) < 4.78 is 10.8. The van der Waals surface area contributed by atoms with E-state index >= 15 is 0 Å². The number of carbonyl (C=O) groups is 3. The molecule has 3 atom stereocenters. The zero-order valence-corrected chi connectivity index (χ0v) is 18.3. The van der Waals surface area contributed by atoms with Crippen molar-refractivity contribution in [3.05, 3.63) is 71.8 Å². The molecule has 2 aromatic rings. The maximum absolute atomic E-state index is 13.6. The monoisotopic (exact) mass is 435 g/mol. The lowest BCUT2D eigenvalue weighted by atomic mass is 9.84. The number of esters is 1. The summed E-state index contributed by atoms with van der Waals surface area (Å²) in [5.74, 6) is -1.64. The largest absolute Gasteiger partial charge is 0.461 e. The molecule has 2 aliphatic rings. The number of rotatable bonds is 8. The highest BCUT2D eigenvalue weighted by Gasteiger charge is 2.49. The molecule has 0 aromatic heterocycles. The van der Waals surface area contributed by atoms with Crippen molar-refractivity contribution in [2.45, 2.75) is 57.1 Å². The molecule has 0 spiro atoms. The standard InChI is InChI=1S/C26H29NO5/c1-2-3-6-15-22-20(16-23(28)32-22)25(29)27-21(17-31-26(27)30)24(18-11-7-4-8-12-18)19-13-9-5-10-14-19/h4-5,7-14,20-22,24H,2-3,6,15-17H2,1H3/t20-,21+,22+/m1/s1. The molecular weight excluding hydrogens is 406 g/mol. The molecule has 4 rings (SSSR count). The topological polar surface area (TPSA) is 72.9 Å². The van der Waals surface area contributed by atoms with Gasteiger partial charge in [-0.15, -0.1) is 0 Å². The Bertz CT molecular complexity index is 906. The van der Waals surface area contributed by atoms with E-state index in [9.17, 15) is 14.4 Å². The number of hydrogen-bond acceptors (Lipinski definition) is 5. The lowest BCUT2D eigenvalue weighted by Gasteiger charge is -2.30. The first-order chi connectivity index (χ1) is 15.6. The van der Waals surface area contributed by atoms with Gasteiger partial charge in [0.1, 0.15) is 12.7 Å². The van der Waals surface area contributed by atoms with E-state index in [0.29, 0.717) is 6.42 Å². The van der Waals surface area contributed by atoms with Crippen LogP contribution in [0.25, 0.3) is 0 Å². The Hall–Kier alpha value is -3.15. The lowest BCUT2D eigenvalue weighted by molar-refractivity contribution is -0.142. The highest BCUT2D eigenvalue weighted by molar-refractivity contribution is 5.97. The second-order valence-electron chi connectivity index (χ2n) is 8.49. The van der Waals surface area contributed by atoms with Crippen LogP contribution in [0.15, 0.2) is 60.7 Å². The molecular formula is C26H29NO5. The van der Waals surface area contributed by atoms with Crippen LogP contribution < -0.4 is 0 Å². The van der Waals surface area contributed by atoms with E-state index < -0.39 is 24.2 Å². The van der Waals surface area contributed by atoms with Crippen LogP contribution in [0, 0.1) is 5.92 Å². The average molecular weight is 436 g/mol. The fourth-order valence-electron chi connectivity index (χ4n) is 4.78. The molecule has 2 fully saturated rings. The van der Waals surface area contributed by atoms with Gasteiger partial charge in [0.2, 0.25) is 5.91 Å². The maximum Gasteiger partial charge on any atom is 0.417 e. The summed E-state index contributed by atoms with van der Waals surface area (Å²) in [6, 6.07) is 19.2. The normalized spacial score (nSPS) is 22.8. The number of hydrogen-bond donors (Lipinski definition) is 0. The summed E-state index contributed by atoms with van der Waals surface area (Å²) in [7, 11) is 0. The zero-order chi connectivity index (χ0) is 22.5. The first kappa shape index (κ1) is 22.1. The number of nitrogens with zero attached hydrogens (tertiary/aromatic N) is 1. The van der Waals surface area contributed by atoms with Crippen molar-refractivity contribution >= 4 is 18.0 Å². The van der Waals surface area contributed by atoms with Crippen molar-refractivity contribution in [1.29, 1.82) is 0 Å². The van der Waals surface area contributed by atoms with Gasteiger partial charge >= 0.3 is 12.1 Å². The number of cyclic esters (lactones) is 2. The van der Waals surface area contributed by atoms with Gasteiger partial charge in [-0.2, -0.15) is 0 Å². The SMILES string of the molecule is CCCCC[C@@H]1OC(=O)C[C@H]1C(=O)N1C(=O)OC[C@H]1C(c1ccccc1)c1ccccc1. The van der Waals surface area contributed by atoms with Crippen LogP contribution in [0.3, 0.4) is 0 Å². The van der Waals surface area contributed by atoms with Crippen LogP contribution in [0.1, 0.15) is 56.1 Å². The Balaban J connectivity index is 1.64. The van der Waals surface area contributed by atoms with Crippen molar-refractivity contribution in [3.8, 4) is 0 Å². The highest BCUT2D eigenvalue weighted by Crippen LogP contribution is 2.37. The molecule has 32 heavy (non-hydrogen) atoms. The van der Waals surface area contributed by atoms with E-state index in [4.69, 9.17) is 9.47 Å². The third-order valence-corrected chi connectivity index (χ3v) is 6.37. The van der Waals surface area contributed by atoms with Gasteiger partial charge in [-0.3, -0.25) is 9.59 Å². The number of imide groups is 1. The van der Waals surface area contributed by atoms with E-state index in [2.05, 4.69) is 6.92 Å². The first-order valence-corrected chi connectivity index (χ1v) is 11.4. The maximum atomic E-state index is 13.6. The van der Waals surface area contributed by atoms with Crippen molar-refractivity contribution in [3.63, 3.8) is 0 Å². The summed E-state index contributed by atoms with van der Waals surface area (Å²) >= 11 is 0. The van der Waals surface area contributed by atoms with Crippen molar-refractivity contribution in [2.75, 3.05) is 6.61 Å². The molecule has 6 nitrogen and oxygen atoms in total. The fourth-order valence-corrected chi connectivity index (χ4v) is 4.78. The van der Waals surface area contributed by atoms with Gasteiger partial charge in [-0.05, 0) is 24.0 Å². The zero-order valence-electron chi connectivity index (χ0n) is 18.3. The molecule has 168 valence electrons. The van der Waals surface area contributed by atoms with Gasteiger partial charge in [-0.25, -0.2) is 9.69 Å². The molecule has 2 aromatic carbocycles. The van der Waals surface area contributed by atoms with Crippen LogP contribution in [0.4, 0.5) is 4.79 Å². The Morgan fingerprint density at radius 3 is 2.22 bits per heavy atom. The highest BCUT2D eigenvalue weighted by atomic mass is 16.6.